The van der Waals surface area contributed by atoms with E-state index >= 15 is 0 Å². The molecule has 0 bridgehead atoms. The van der Waals surface area contributed by atoms with E-state index in [9.17, 15) is 22.0 Å². The van der Waals surface area contributed by atoms with Gasteiger partial charge in [-0.1, -0.05) is 0 Å². The zero-order valence-electron chi connectivity index (χ0n) is 14.8. The maximum Gasteiger partial charge on any atom is 0.262 e. The molecule has 0 radical (unpaired) electrons. The molecular formula is C17H18F2N2O5S. The van der Waals surface area contributed by atoms with Crippen LogP contribution in [0.1, 0.15) is 0 Å². The quantitative estimate of drug-likeness (QED) is 0.771. The van der Waals surface area contributed by atoms with Crippen molar-refractivity contribution in [1.82, 2.24) is 4.31 Å². The summed E-state index contributed by atoms with van der Waals surface area (Å²) in [6.45, 7) is -0.479. The van der Waals surface area contributed by atoms with Crippen LogP contribution in [-0.4, -0.2) is 46.4 Å². The molecule has 0 saturated carbocycles. The monoisotopic (exact) mass is 400 g/mol. The molecule has 2 aromatic rings. The molecule has 7 nitrogen and oxygen atoms in total. The van der Waals surface area contributed by atoms with Crippen LogP contribution < -0.4 is 14.8 Å². The summed E-state index contributed by atoms with van der Waals surface area (Å²) >= 11 is 0. The van der Waals surface area contributed by atoms with Crippen LogP contribution in [0.25, 0.3) is 0 Å². The van der Waals surface area contributed by atoms with Crippen LogP contribution in [0.4, 0.5) is 14.5 Å². The second-order valence-electron chi connectivity index (χ2n) is 5.57. The molecule has 0 saturated heterocycles. The summed E-state index contributed by atoms with van der Waals surface area (Å²) in [7, 11) is 0.279. The van der Waals surface area contributed by atoms with Gasteiger partial charge in [0.25, 0.3) is 5.91 Å². The molecule has 0 unspecified atom stereocenters. The summed E-state index contributed by atoms with van der Waals surface area (Å²) in [6.07, 6.45) is 0. The van der Waals surface area contributed by atoms with Crippen molar-refractivity contribution in [3.05, 3.63) is 48.0 Å². The number of hydrogen-bond acceptors (Lipinski definition) is 5. The number of nitrogens with one attached hydrogen (secondary N) is 1. The number of hydrogen-bond donors (Lipinski definition) is 1. The van der Waals surface area contributed by atoms with Crippen LogP contribution in [0.3, 0.4) is 0 Å². The molecule has 1 amide bonds. The number of ether oxygens (including phenoxy) is 2. The lowest BCUT2D eigenvalue weighted by molar-refractivity contribution is -0.118. The highest BCUT2D eigenvalue weighted by atomic mass is 32.2. The Hall–Kier alpha value is -2.72. The molecule has 0 aliphatic heterocycles. The summed E-state index contributed by atoms with van der Waals surface area (Å²) in [4.78, 5) is 11.9. The van der Waals surface area contributed by atoms with E-state index in [2.05, 4.69) is 5.32 Å². The Labute approximate surface area is 155 Å². The Bertz CT molecular complexity index is 948. The molecule has 0 spiro atoms. The number of benzene rings is 2. The lowest BCUT2D eigenvalue weighted by atomic mass is 10.3. The summed E-state index contributed by atoms with van der Waals surface area (Å²) in [5.74, 6) is -2.63. The summed E-state index contributed by atoms with van der Waals surface area (Å²) in [5.41, 5.74) is 0.204. The van der Waals surface area contributed by atoms with E-state index in [4.69, 9.17) is 9.47 Å². The van der Waals surface area contributed by atoms with Crippen molar-refractivity contribution in [3.8, 4) is 11.5 Å². The predicted molar refractivity (Wildman–Crippen MR) is 94.3 cm³/mol. The zero-order chi connectivity index (χ0) is 20.2. The number of methoxy groups -OCH3 is 1. The molecule has 2 rings (SSSR count). The van der Waals surface area contributed by atoms with E-state index in [0.29, 0.717) is 0 Å². The van der Waals surface area contributed by atoms with Crippen LogP contribution in [0.2, 0.25) is 0 Å². The first-order chi connectivity index (χ1) is 12.6. The molecule has 10 heteroatoms. The Morgan fingerprint density at radius 3 is 2.41 bits per heavy atom. The lowest BCUT2D eigenvalue weighted by Crippen LogP contribution is -2.24. The van der Waals surface area contributed by atoms with Gasteiger partial charge in [-0.15, -0.1) is 0 Å². The van der Waals surface area contributed by atoms with Crippen molar-refractivity contribution in [2.24, 2.45) is 0 Å². The third-order valence-electron chi connectivity index (χ3n) is 3.47. The van der Waals surface area contributed by atoms with E-state index in [0.717, 1.165) is 16.4 Å². The van der Waals surface area contributed by atoms with E-state index in [1.165, 1.54) is 45.5 Å². The van der Waals surface area contributed by atoms with Gasteiger partial charge in [0, 0.05) is 25.8 Å². The number of sulfonamides is 1. The first-order valence-electron chi connectivity index (χ1n) is 7.63. The molecule has 27 heavy (non-hydrogen) atoms. The van der Waals surface area contributed by atoms with Crippen LogP contribution in [0.15, 0.2) is 41.3 Å². The second-order valence-corrected chi connectivity index (χ2v) is 7.69. The van der Waals surface area contributed by atoms with E-state index in [1.54, 1.807) is 0 Å². The number of carbonyl (C=O) groups excluding carboxylic acids is 1. The highest BCUT2D eigenvalue weighted by molar-refractivity contribution is 7.89. The van der Waals surface area contributed by atoms with Gasteiger partial charge in [-0.25, -0.2) is 21.5 Å². The highest BCUT2D eigenvalue weighted by Gasteiger charge is 2.23. The minimum absolute atomic E-state index is 0.0188. The number of anilines is 1. The van der Waals surface area contributed by atoms with Gasteiger partial charge >= 0.3 is 0 Å². The zero-order valence-corrected chi connectivity index (χ0v) is 15.6. The highest BCUT2D eigenvalue weighted by Crippen LogP contribution is 2.28. The molecule has 1 N–H and O–H groups in total. The van der Waals surface area contributed by atoms with Gasteiger partial charge in [0.1, 0.15) is 16.4 Å². The number of amides is 1. The Kier molecular flexibility index (Phi) is 6.34. The molecule has 0 aliphatic rings. The summed E-state index contributed by atoms with van der Waals surface area (Å²) < 4.78 is 61.9. The fourth-order valence-corrected chi connectivity index (χ4v) is 3.14. The van der Waals surface area contributed by atoms with Gasteiger partial charge in [-0.3, -0.25) is 4.79 Å². The number of halogens is 2. The minimum atomic E-state index is -3.79. The fourth-order valence-electron chi connectivity index (χ4n) is 2.07. The van der Waals surface area contributed by atoms with Crippen molar-refractivity contribution < 1.29 is 31.5 Å². The normalized spacial score (nSPS) is 11.3. The molecular weight excluding hydrogens is 382 g/mol. The van der Waals surface area contributed by atoms with E-state index in [-0.39, 0.29) is 22.1 Å². The molecule has 0 fully saturated rings. The largest absolute Gasteiger partial charge is 0.495 e. The van der Waals surface area contributed by atoms with Gasteiger partial charge in [-0.2, -0.15) is 0 Å². The third kappa shape index (κ3) is 4.92. The Balaban J connectivity index is 2.12. The van der Waals surface area contributed by atoms with Crippen LogP contribution in [0, 0.1) is 11.6 Å². The van der Waals surface area contributed by atoms with Crippen molar-refractivity contribution in [2.75, 3.05) is 33.1 Å². The smallest absolute Gasteiger partial charge is 0.262 e. The molecule has 0 aliphatic carbocycles. The number of rotatable bonds is 7. The fraction of sp³-hybridized carbons (Fsp3) is 0.235. The van der Waals surface area contributed by atoms with Crippen LogP contribution in [0.5, 0.6) is 11.5 Å². The van der Waals surface area contributed by atoms with Gasteiger partial charge in [-0.05, 0) is 30.3 Å². The predicted octanol–water partition coefficient (Wildman–Crippen LogP) is 2.24. The maximum absolute atomic E-state index is 13.1. The third-order valence-corrected chi connectivity index (χ3v) is 5.30. The van der Waals surface area contributed by atoms with Gasteiger partial charge in [0.2, 0.25) is 10.0 Å². The van der Waals surface area contributed by atoms with Gasteiger partial charge in [0.05, 0.1) is 7.11 Å². The molecule has 146 valence electrons. The maximum atomic E-state index is 13.1. The van der Waals surface area contributed by atoms with Gasteiger partial charge < -0.3 is 14.8 Å². The second kappa shape index (κ2) is 8.31. The number of nitrogens with zero attached hydrogens (tertiary/aromatic N) is 1. The van der Waals surface area contributed by atoms with E-state index in [1.807, 2.05) is 0 Å². The van der Waals surface area contributed by atoms with Crippen molar-refractivity contribution in [3.63, 3.8) is 0 Å². The van der Waals surface area contributed by atoms with Crippen molar-refractivity contribution in [1.29, 1.82) is 0 Å². The van der Waals surface area contributed by atoms with Crippen molar-refractivity contribution in [2.45, 2.75) is 4.90 Å². The van der Waals surface area contributed by atoms with Crippen molar-refractivity contribution >= 4 is 21.6 Å². The minimum Gasteiger partial charge on any atom is -0.495 e. The van der Waals surface area contributed by atoms with E-state index < -0.39 is 34.2 Å². The SMILES string of the molecule is COc1ccc(NC(=O)COc2ccc(F)c(F)c2)cc1S(=O)(=O)N(C)C. The molecule has 0 heterocycles. The first-order valence-corrected chi connectivity index (χ1v) is 9.07. The summed E-state index contributed by atoms with van der Waals surface area (Å²) in [6, 6.07) is 7.00. The average molecular weight is 400 g/mol. The Morgan fingerprint density at radius 1 is 1.11 bits per heavy atom. The van der Waals surface area contributed by atoms with Gasteiger partial charge in [0.15, 0.2) is 18.2 Å². The van der Waals surface area contributed by atoms with Crippen LogP contribution >= 0.6 is 0 Å². The molecule has 2 aromatic carbocycles. The molecule has 0 aromatic heterocycles. The standard InChI is InChI=1S/C17H18F2N2O5S/c1-21(2)27(23,24)16-8-11(4-7-15(16)25-3)20-17(22)10-26-12-5-6-13(18)14(19)9-12/h4-9H,10H2,1-3H3,(H,20,22). The van der Waals surface area contributed by atoms with Crippen LogP contribution in [-0.2, 0) is 14.8 Å². The number of carbonyl (C=O) groups is 1. The topological polar surface area (TPSA) is 84.9 Å². The lowest BCUT2D eigenvalue weighted by Gasteiger charge is -2.16. The first kappa shape index (κ1) is 20.6. The Morgan fingerprint density at radius 2 is 1.81 bits per heavy atom. The molecule has 0 atom stereocenters. The average Bonchev–Trinajstić information content (AvgIpc) is 2.62. The summed E-state index contributed by atoms with van der Waals surface area (Å²) in [5, 5.41) is 2.47.